The molecular weight excluding hydrogens is 723 g/mol. The maximum absolute atomic E-state index is 13.3. The molecule has 0 aromatic heterocycles. The minimum absolute atomic E-state index is 0.0258. The fraction of sp³-hybridized carbons (Fsp3) is 0.587. The van der Waals surface area contributed by atoms with E-state index in [0.717, 1.165) is 22.3 Å². The first kappa shape index (κ1) is 48.1. The van der Waals surface area contributed by atoms with Gasteiger partial charge in [-0.3, -0.25) is 4.79 Å². The van der Waals surface area contributed by atoms with Crippen LogP contribution < -0.4 is 11.1 Å². The van der Waals surface area contributed by atoms with Gasteiger partial charge < -0.3 is 50.2 Å². The van der Waals surface area contributed by atoms with Crippen LogP contribution in [0.2, 0.25) is 0 Å². The second-order valence-electron chi connectivity index (χ2n) is 17.0. The van der Waals surface area contributed by atoms with Gasteiger partial charge in [0.1, 0.15) is 23.9 Å². The van der Waals surface area contributed by atoms with Crippen molar-refractivity contribution in [2.24, 2.45) is 11.7 Å². The van der Waals surface area contributed by atoms with Crippen LogP contribution in [-0.2, 0) is 23.7 Å². The standard InChI is InChI=1S/C46H71N3O8/c1-30(2)26-36-27-33(5)19-13-12-16-25-45(8,52)38(22-15-14-18-31(3)20-17-21-32(4)23-24-34(6)48-43(36)51)57-44-40(47)41(50)37(29-54-44)56-39-28-46(9,53)42(49(10)11)35(7)55-39/h12-23,25,27,30,34-35,37-42,44,50,52-53H,24,26,28-29,47H2,1-11H3,(H,48,51)/b13-12+,18-14+,21-17+,22-15+,25-16+,31-20+,32-23+,33-19+,36-27-/t34-,35+,37+,38-,39-,40+,41-,42+,44-,45+,46+/m0/s1. The van der Waals surface area contributed by atoms with Gasteiger partial charge >= 0.3 is 0 Å². The Bertz CT molecular complexity index is 1600. The highest BCUT2D eigenvalue weighted by Crippen LogP contribution is 2.34. The van der Waals surface area contributed by atoms with E-state index in [4.69, 9.17) is 24.7 Å². The van der Waals surface area contributed by atoms with E-state index in [1.54, 1.807) is 44.2 Å². The third-order valence-corrected chi connectivity index (χ3v) is 10.3. The SMILES string of the molecule is CC1=C\C=C\C=C\[C@@](C)(O)[C@@H](O[C@@H]2OC[C@@H](O[C@H]3C[C@@](C)(O)[C@H](N(C)C)[C@@H](C)O3)[C@H](O)[C@H]2N)/C=C/C=C/C(C)=C/C=C/C(C)=C/C[C@H](C)NC(=O)/C(CC(C)C)=C\1. The zero-order valence-electron chi connectivity index (χ0n) is 36.1. The molecule has 0 aliphatic carbocycles. The Kier molecular flexibility index (Phi) is 18.8. The molecule has 2 fully saturated rings. The first-order valence-electron chi connectivity index (χ1n) is 20.2. The summed E-state index contributed by atoms with van der Waals surface area (Å²) in [5.74, 6) is 0.240. The van der Waals surface area contributed by atoms with Crippen LogP contribution in [-0.4, -0.2) is 113 Å². The molecule has 57 heavy (non-hydrogen) atoms. The smallest absolute Gasteiger partial charge is 0.247 e. The summed E-state index contributed by atoms with van der Waals surface area (Å²) in [4.78, 5) is 15.2. The molecule has 0 aromatic carbocycles. The van der Waals surface area contributed by atoms with Gasteiger partial charge in [-0.25, -0.2) is 0 Å². The van der Waals surface area contributed by atoms with Crippen LogP contribution in [0.25, 0.3) is 0 Å². The summed E-state index contributed by atoms with van der Waals surface area (Å²) < 4.78 is 24.6. The highest BCUT2D eigenvalue weighted by atomic mass is 16.7. The fourth-order valence-corrected chi connectivity index (χ4v) is 7.34. The van der Waals surface area contributed by atoms with Gasteiger partial charge in [-0.05, 0) is 81.3 Å². The molecule has 11 nitrogen and oxygen atoms in total. The monoisotopic (exact) mass is 794 g/mol. The number of nitrogens with two attached hydrogens (primary N) is 1. The van der Waals surface area contributed by atoms with Crippen LogP contribution in [0.4, 0.5) is 0 Å². The van der Waals surface area contributed by atoms with E-state index in [1.165, 1.54) is 0 Å². The van der Waals surface area contributed by atoms with E-state index < -0.39 is 48.1 Å². The van der Waals surface area contributed by atoms with E-state index >= 15 is 0 Å². The Morgan fingerprint density at radius 1 is 0.965 bits per heavy atom. The van der Waals surface area contributed by atoms with Gasteiger partial charge in [0.15, 0.2) is 12.6 Å². The Hall–Kier alpha value is -3.23. The van der Waals surface area contributed by atoms with Crippen LogP contribution in [0, 0.1) is 5.92 Å². The number of likely N-dealkylation sites (N-methyl/N-ethyl adjacent to an activating group) is 1. The zero-order chi connectivity index (χ0) is 42.5. The minimum Gasteiger partial charge on any atom is -0.388 e. The molecule has 1 amide bonds. The number of nitrogens with one attached hydrogen (secondary N) is 1. The molecule has 0 unspecified atom stereocenters. The number of allylic oxidation sites excluding steroid dienone is 14. The van der Waals surface area contributed by atoms with Crippen molar-refractivity contribution >= 4 is 5.91 Å². The second-order valence-corrected chi connectivity index (χ2v) is 17.0. The van der Waals surface area contributed by atoms with E-state index in [2.05, 4.69) is 25.2 Å². The van der Waals surface area contributed by atoms with Gasteiger partial charge in [-0.1, -0.05) is 116 Å². The first-order chi connectivity index (χ1) is 26.7. The lowest BCUT2D eigenvalue weighted by atomic mass is 9.85. The molecule has 0 spiro atoms. The highest BCUT2D eigenvalue weighted by Gasteiger charge is 2.48. The summed E-state index contributed by atoms with van der Waals surface area (Å²) in [7, 11) is 3.79. The van der Waals surface area contributed by atoms with Crippen molar-refractivity contribution in [2.75, 3.05) is 20.7 Å². The van der Waals surface area contributed by atoms with Crippen molar-refractivity contribution in [1.82, 2.24) is 10.2 Å². The molecule has 11 atom stereocenters. The molecule has 11 heteroatoms. The Morgan fingerprint density at radius 2 is 1.65 bits per heavy atom. The summed E-state index contributed by atoms with van der Waals surface area (Å²) >= 11 is 0. The van der Waals surface area contributed by atoms with Crippen molar-refractivity contribution < 1.29 is 39.1 Å². The summed E-state index contributed by atoms with van der Waals surface area (Å²) in [6, 6.07) is -1.28. The zero-order valence-corrected chi connectivity index (χ0v) is 36.1. The van der Waals surface area contributed by atoms with Gasteiger partial charge in [0.25, 0.3) is 0 Å². The number of hydrogen-bond donors (Lipinski definition) is 5. The average molecular weight is 794 g/mol. The quantitative estimate of drug-likeness (QED) is 0.212. The third-order valence-electron chi connectivity index (χ3n) is 10.3. The Balaban J connectivity index is 1.86. The lowest BCUT2D eigenvalue weighted by Gasteiger charge is -2.48. The van der Waals surface area contributed by atoms with Gasteiger partial charge in [-0.2, -0.15) is 0 Å². The van der Waals surface area contributed by atoms with E-state index in [9.17, 15) is 20.1 Å². The van der Waals surface area contributed by atoms with Crippen molar-refractivity contribution in [2.45, 2.75) is 148 Å². The number of aliphatic hydroxyl groups excluding tert-OH is 1. The molecule has 6 N–H and O–H groups in total. The molecule has 0 saturated carbocycles. The van der Waals surface area contributed by atoms with Crippen LogP contribution in [0.3, 0.4) is 0 Å². The molecule has 0 radical (unpaired) electrons. The lowest BCUT2D eigenvalue weighted by molar-refractivity contribution is -0.310. The predicted octanol–water partition coefficient (Wildman–Crippen LogP) is 5.87. The summed E-state index contributed by atoms with van der Waals surface area (Å²) in [5.41, 5.74) is 7.63. The Morgan fingerprint density at radius 3 is 2.32 bits per heavy atom. The van der Waals surface area contributed by atoms with E-state index in [0.29, 0.717) is 18.8 Å². The van der Waals surface area contributed by atoms with Crippen molar-refractivity contribution in [3.63, 3.8) is 0 Å². The van der Waals surface area contributed by atoms with Gasteiger partial charge in [0.2, 0.25) is 5.91 Å². The molecule has 3 heterocycles. The van der Waals surface area contributed by atoms with Crippen LogP contribution in [0.15, 0.2) is 107 Å². The normalized spacial score (nSPS) is 42.1. The molecule has 0 bridgehead atoms. The van der Waals surface area contributed by atoms with Crippen molar-refractivity contribution in [3.05, 3.63) is 107 Å². The van der Waals surface area contributed by atoms with Gasteiger partial charge in [-0.15, -0.1) is 0 Å². The Labute approximate surface area is 342 Å². The second kappa shape index (κ2) is 22.2. The number of aliphatic hydroxyl groups is 3. The molecular formula is C46H71N3O8. The fourth-order valence-electron chi connectivity index (χ4n) is 7.34. The molecule has 318 valence electrons. The predicted molar refractivity (Wildman–Crippen MR) is 228 cm³/mol. The molecule has 2 saturated heterocycles. The average Bonchev–Trinajstić information content (AvgIpc) is 3.09. The summed E-state index contributed by atoms with van der Waals surface area (Å²) in [6.07, 6.45) is 22.7. The number of hydrogen-bond acceptors (Lipinski definition) is 10. The number of carbonyl (C=O) groups is 1. The largest absolute Gasteiger partial charge is 0.388 e. The van der Waals surface area contributed by atoms with E-state index in [-0.39, 0.29) is 37.1 Å². The lowest BCUT2D eigenvalue weighted by Crippen LogP contribution is -2.63. The molecule has 3 aliphatic heterocycles. The number of rotatable bonds is 7. The van der Waals surface area contributed by atoms with Crippen LogP contribution in [0.1, 0.15) is 81.6 Å². The van der Waals surface area contributed by atoms with Crippen molar-refractivity contribution in [3.8, 4) is 0 Å². The summed E-state index contributed by atoms with van der Waals surface area (Å²) in [5, 5.41) is 37.4. The van der Waals surface area contributed by atoms with Gasteiger partial charge in [0, 0.05) is 18.0 Å². The van der Waals surface area contributed by atoms with Gasteiger partial charge in [0.05, 0.1) is 30.4 Å². The van der Waals surface area contributed by atoms with Crippen LogP contribution in [0.5, 0.6) is 0 Å². The maximum Gasteiger partial charge on any atom is 0.247 e. The minimum atomic E-state index is -1.53. The molecule has 0 aromatic rings. The summed E-state index contributed by atoms with van der Waals surface area (Å²) in [6.45, 7) is 17.4. The highest BCUT2D eigenvalue weighted by molar-refractivity contribution is 5.94. The number of nitrogens with zero attached hydrogens (tertiary/aromatic N) is 1. The van der Waals surface area contributed by atoms with E-state index in [1.807, 2.05) is 102 Å². The molecule has 3 rings (SSSR count). The maximum atomic E-state index is 13.3. The van der Waals surface area contributed by atoms with Crippen molar-refractivity contribution in [1.29, 1.82) is 0 Å². The third kappa shape index (κ3) is 15.5. The topological polar surface area (TPSA) is 156 Å². The first-order valence-corrected chi connectivity index (χ1v) is 20.2. The number of amides is 1. The molecule has 3 aliphatic rings. The number of carbonyl (C=O) groups excluding carboxylic acids is 1. The van der Waals surface area contributed by atoms with Crippen LogP contribution >= 0.6 is 0 Å². The number of ether oxygens (including phenoxy) is 4.